The summed E-state index contributed by atoms with van der Waals surface area (Å²) in [6, 6.07) is 16.5. The number of hydrogen-bond acceptors (Lipinski definition) is 7. The molecule has 7 nitrogen and oxygen atoms in total. The van der Waals surface area contributed by atoms with Crippen LogP contribution in [0.1, 0.15) is 0 Å². The lowest BCUT2D eigenvalue weighted by Crippen LogP contribution is -2.52. The molecule has 0 aliphatic carbocycles. The number of β-amino-alcohol motifs (C(OH)–C–C–N with tert-alkyl or cyclic N) is 1. The van der Waals surface area contributed by atoms with Crippen LogP contribution in [0.3, 0.4) is 0 Å². The molecule has 0 bridgehead atoms. The molecule has 2 heterocycles. The number of anilines is 2. The van der Waals surface area contributed by atoms with Crippen molar-refractivity contribution in [1.29, 1.82) is 0 Å². The molecule has 2 aromatic carbocycles. The number of rotatable bonds is 8. The van der Waals surface area contributed by atoms with Gasteiger partial charge in [0, 0.05) is 76.8 Å². The quantitative estimate of drug-likeness (QED) is 0.674. The van der Waals surface area contributed by atoms with Crippen LogP contribution < -0.4 is 19.3 Å². The maximum atomic E-state index is 10.7. The van der Waals surface area contributed by atoms with Gasteiger partial charge >= 0.3 is 0 Å². The third kappa shape index (κ3) is 5.85. The molecule has 2 aliphatic rings. The molecule has 1 N–H and O–H groups in total. The largest absolute Gasteiger partial charge is 0.497 e. The molecule has 0 saturated carbocycles. The summed E-state index contributed by atoms with van der Waals surface area (Å²) in [7, 11) is 3.39. The molecule has 0 unspecified atom stereocenters. The normalized spacial score (nSPS) is 18.2. The van der Waals surface area contributed by atoms with Crippen molar-refractivity contribution >= 4 is 11.4 Å². The van der Waals surface area contributed by atoms with Gasteiger partial charge in [-0.25, -0.2) is 0 Å². The summed E-state index contributed by atoms with van der Waals surface area (Å²) in [6.07, 6.45) is -0.310. The van der Waals surface area contributed by atoms with Crippen LogP contribution in [0.4, 0.5) is 11.4 Å². The van der Waals surface area contributed by atoms with Crippen LogP contribution in [-0.2, 0) is 0 Å². The second-order valence-electron chi connectivity index (χ2n) is 8.63. The van der Waals surface area contributed by atoms with Gasteiger partial charge in [-0.2, -0.15) is 0 Å². The summed E-state index contributed by atoms with van der Waals surface area (Å²) in [5, 5.41) is 10.7. The van der Waals surface area contributed by atoms with Crippen molar-refractivity contribution < 1.29 is 14.6 Å². The molecule has 0 atom stereocenters. The van der Waals surface area contributed by atoms with Crippen LogP contribution in [0.2, 0.25) is 0 Å². The molecule has 0 aromatic heterocycles. The van der Waals surface area contributed by atoms with E-state index in [1.54, 1.807) is 14.2 Å². The summed E-state index contributed by atoms with van der Waals surface area (Å²) in [4.78, 5) is 9.58. The monoisotopic (exact) mass is 440 g/mol. The maximum Gasteiger partial charge on any atom is 0.119 e. The van der Waals surface area contributed by atoms with Gasteiger partial charge in [-0.3, -0.25) is 9.80 Å². The Kier molecular flexibility index (Phi) is 7.73. The van der Waals surface area contributed by atoms with Crippen molar-refractivity contribution in [3.05, 3.63) is 48.5 Å². The fourth-order valence-corrected chi connectivity index (χ4v) is 4.62. The highest BCUT2D eigenvalue weighted by Gasteiger charge is 2.23. The molecule has 174 valence electrons. The second kappa shape index (κ2) is 10.9. The number of aliphatic hydroxyl groups is 1. The fraction of sp³-hybridized carbons (Fsp3) is 0.520. The zero-order valence-corrected chi connectivity index (χ0v) is 19.3. The van der Waals surface area contributed by atoms with E-state index in [1.165, 1.54) is 11.4 Å². The van der Waals surface area contributed by atoms with Gasteiger partial charge in [0.25, 0.3) is 0 Å². The first kappa shape index (κ1) is 22.7. The zero-order chi connectivity index (χ0) is 22.3. The molecule has 2 aromatic rings. The van der Waals surface area contributed by atoms with Crippen LogP contribution in [-0.4, -0.2) is 101 Å². The summed E-state index contributed by atoms with van der Waals surface area (Å²) < 4.78 is 10.5. The third-order valence-electron chi connectivity index (χ3n) is 6.56. The highest BCUT2D eigenvalue weighted by Crippen LogP contribution is 2.22. The molecule has 4 rings (SSSR count). The van der Waals surface area contributed by atoms with E-state index in [4.69, 9.17) is 9.47 Å². The van der Waals surface area contributed by atoms with Gasteiger partial charge in [0.1, 0.15) is 11.5 Å². The number of aliphatic hydroxyl groups excluding tert-OH is 1. The molecular formula is C25H36N4O3. The first-order chi connectivity index (χ1) is 15.6. The minimum absolute atomic E-state index is 0.310. The molecular weight excluding hydrogens is 404 g/mol. The van der Waals surface area contributed by atoms with Crippen molar-refractivity contribution in [1.82, 2.24) is 9.80 Å². The van der Waals surface area contributed by atoms with Gasteiger partial charge in [0.2, 0.25) is 0 Å². The molecule has 0 amide bonds. The van der Waals surface area contributed by atoms with Gasteiger partial charge in [-0.15, -0.1) is 0 Å². The number of nitrogens with zero attached hydrogens (tertiary/aromatic N) is 4. The van der Waals surface area contributed by atoms with E-state index < -0.39 is 0 Å². The number of methoxy groups -OCH3 is 2. The van der Waals surface area contributed by atoms with Crippen LogP contribution >= 0.6 is 0 Å². The highest BCUT2D eigenvalue weighted by atomic mass is 16.5. The molecule has 0 spiro atoms. The molecule has 32 heavy (non-hydrogen) atoms. The van der Waals surface area contributed by atoms with Crippen molar-refractivity contribution in [3.8, 4) is 11.5 Å². The van der Waals surface area contributed by atoms with E-state index in [1.807, 2.05) is 24.3 Å². The smallest absolute Gasteiger partial charge is 0.119 e. The summed E-state index contributed by atoms with van der Waals surface area (Å²) in [6.45, 7) is 9.36. The van der Waals surface area contributed by atoms with E-state index in [-0.39, 0.29) is 6.10 Å². The summed E-state index contributed by atoms with van der Waals surface area (Å²) >= 11 is 0. The fourth-order valence-electron chi connectivity index (χ4n) is 4.62. The second-order valence-corrected chi connectivity index (χ2v) is 8.63. The lowest BCUT2D eigenvalue weighted by molar-refractivity contribution is 0.0697. The van der Waals surface area contributed by atoms with E-state index in [9.17, 15) is 5.11 Å². The third-order valence-corrected chi connectivity index (χ3v) is 6.56. The average molecular weight is 441 g/mol. The average Bonchev–Trinajstić information content (AvgIpc) is 2.85. The zero-order valence-electron chi connectivity index (χ0n) is 19.3. The Morgan fingerprint density at radius 3 is 1.28 bits per heavy atom. The van der Waals surface area contributed by atoms with Gasteiger partial charge < -0.3 is 24.4 Å². The van der Waals surface area contributed by atoms with Crippen molar-refractivity contribution in [3.63, 3.8) is 0 Å². The molecule has 2 fully saturated rings. The standard InChI is InChI=1S/C25H36N4O3/c1-31-24-7-3-21(4-8-24)28-15-11-26(12-16-28)19-23(30)20-27-13-17-29(18-14-27)22-5-9-25(32-2)10-6-22/h3-10,23,30H,11-20H2,1-2H3. The Morgan fingerprint density at radius 2 is 0.969 bits per heavy atom. The minimum Gasteiger partial charge on any atom is -0.497 e. The van der Waals surface area contributed by atoms with Gasteiger partial charge in [-0.1, -0.05) is 0 Å². The molecule has 0 radical (unpaired) electrons. The van der Waals surface area contributed by atoms with Crippen molar-refractivity contribution in [2.75, 3.05) is 89.5 Å². The Balaban J connectivity index is 1.16. The van der Waals surface area contributed by atoms with E-state index in [0.717, 1.165) is 76.9 Å². The predicted octanol–water partition coefficient (Wildman–Crippen LogP) is 2.01. The molecule has 7 heteroatoms. The number of piperazine rings is 2. The van der Waals surface area contributed by atoms with E-state index in [2.05, 4.69) is 43.9 Å². The van der Waals surface area contributed by atoms with Gasteiger partial charge in [-0.05, 0) is 48.5 Å². The first-order valence-electron chi connectivity index (χ1n) is 11.6. The predicted molar refractivity (Wildman–Crippen MR) is 129 cm³/mol. The number of ether oxygens (including phenoxy) is 2. The van der Waals surface area contributed by atoms with Crippen LogP contribution in [0, 0.1) is 0 Å². The Labute approximate surface area is 191 Å². The lowest BCUT2D eigenvalue weighted by atomic mass is 10.2. The number of benzene rings is 2. The SMILES string of the molecule is COc1ccc(N2CCN(CC(O)CN3CCN(c4ccc(OC)cc4)CC3)CC2)cc1. The van der Waals surface area contributed by atoms with E-state index in [0.29, 0.717) is 0 Å². The van der Waals surface area contributed by atoms with Crippen LogP contribution in [0.25, 0.3) is 0 Å². The lowest BCUT2D eigenvalue weighted by Gasteiger charge is -2.39. The molecule has 2 aliphatic heterocycles. The van der Waals surface area contributed by atoms with Crippen LogP contribution in [0.15, 0.2) is 48.5 Å². The minimum atomic E-state index is -0.310. The highest BCUT2D eigenvalue weighted by molar-refractivity contribution is 5.50. The Bertz CT molecular complexity index is 745. The van der Waals surface area contributed by atoms with Crippen LogP contribution in [0.5, 0.6) is 11.5 Å². The molecule has 2 saturated heterocycles. The summed E-state index contributed by atoms with van der Waals surface area (Å²) in [5.74, 6) is 1.78. The van der Waals surface area contributed by atoms with E-state index >= 15 is 0 Å². The van der Waals surface area contributed by atoms with Gasteiger partial charge in [0.15, 0.2) is 0 Å². The van der Waals surface area contributed by atoms with Crippen molar-refractivity contribution in [2.45, 2.75) is 6.10 Å². The topological polar surface area (TPSA) is 51.7 Å². The maximum absolute atomic E-state index is 10.7. The van der Waals surface area contributed by atoms with Gasteiger partial charge in [0.05, 0.1) is 20.3 Å². The Hall–Kier alpha value is -2.48. The first-order valence-corrected chi connectivity index (χ1v) is 11.6. The summed E-state index contributed by atoms with van der Waals surface area (Å²) in [5.41, 5.74) is 2.47. The van der Waals surface area contributed by atoms with Crippen molar-refractivity contribution in [2.24, 2.45) is 0 Å². The number of hydrogen-bond donors (Lipinski definition) is 1. The Morgan fingerprint density at radius 1 is 0.625 bits per heavy atom.